The van der Waals surface area contributed by atoms with Gasteiger partial charge in [-0.2, -0.15) is 0 Å². The molecule has 0 fully saturated rings. The van der Waals surface area contributed by atoms with Crippen LogP contribution in [-0.2, 0) is 4.79 Å². The first-order valence-corrected chi connectivity index (χ1v) is 8.92. The molecule has 134 valence electrons. The lowest BCUT2D eigenvalue weighted by Crippen LogP contribution is -2.13. The van der Waals surface area contributed by atoms with Gasteiger partial charge in [-0.1, -0.05) is 67.8 Å². The van der Waals surface area contributed by atoms with Crippen molar-refractivity contribution in [1.29, 1.82) is 0 Å². The molecule has 5 heteroatoms. The average molecular weight is 349 g/mol. The molecule has 0 aliphatic carbocycles. The summed E-state index contributed by atoms with van der Waals surface area (Å²) in [7, 11) is 0. The van der Waals surface area contributed by atoms with Gasteiger partial charge in [-0.15, -0.1) is 5.10 Å². The molecule has 0 unspecified atom stereocenters. The van der Waals surface area contributed by atoms with Gasteiger partial charge >= 0.3 is 5.97 Å². The molecule has 1 atom stereocenters. The van der Waals surface area contributed by atoms with Crippen molar-refractivity contribution in [3.63, 3.8) is 0 Å². The fourth-order valence-corrected chi connectivity index (χ4v) is 2.89. The predicted octanol–water partition coefficient (Wildman–Crippen LogP) is 4.60. The fraction of sp³-hybridized carbons (Fsp3) is 0.286. The molecule has 0 amide bonds. The molecule has 0 bridgehead atoms. The van der Waals surface area contributed by atoms with Crippen molar-refractivity contribution in [3.8, 4) is 17.1 Å². The van der Waals surface area contributed by atoms with E-state index in [1.165, 1.54) is 0 Å². The summed E-state index contributed by atoms with van der Waals surface area (Å²) in [6.07, 6.45) is 2.31. The zero-order valence-electron chi connectivity index (χ0n) is 15.1. The summed E-state index contributed by atoms with van der Waals surface area (Å²) in [4.78, 5) is 16.4. The number of rotatable bonds is 7. The number of unbranched alkanes of at least 4 members (excludes halogenated alkanes) is 1. The van der Waals surface area contributed by atoms with E-state index in [4.69, 9.17) is 0 Å². The van der Waals surface area contributed by atoms with Crippen molar-refractivity contribution < 1.29 is 9.90 Å². The smallest absolute Gasteiger partial charge is 0.314 e. The van der Waals surface area contributed by atoms with E-state index < -0.39 is 11.9 Å². The Morgan fingerprint density at radius 1 is 1.12 bits per heavy atom. The second-order valence-electron chi connectivity index (χ2n) is 6.44. The fourth-order valence-electron chi connectivity index (χ4n) is 2.89. The molecule has 1 N–H and O–H groups in total. The molecule has 0 aliphatic rings. The number of benzene rings is 2. The van der Waals surface area contributed by atoms with Gasteiger partial charge < -0.3 is 5.11 Å². The number of hydrogen-bond acceptors (Lipinski definition) is 3. The summed E-state index contributed by atoms with van der Waals surface area (Å²) < 4.78 is 1.74. The van der Waals surface area contributed by atoms with Crippen molar-refractivity contribution in [1.82, 2.24) is 14.8 Å². The first-order chi connectivity index (χ1) is 12.6. The lowest BCUT2D eigenvalue weighted by molar-refractivity contribution is -0.139. The van der Waals surface area contributed by atoms with Gasteiger partial charge in [0.15, 0.2) is 11.6 Å². The Kier molecular flexibility index (Phi) is 5.46. The number of aromatic nitrogens is 3. The molecule has 26 heavy (non-hydrogen) atoms. The molecular formula is C21H23N3O2. The van der Waals surface area contributed by atoms with E-state index in [0.717, 1.165) is 29.7 Å². The van der Waals surface area contributed by atoms with Crippen LogP contribution in [0.3, 0.4) is 0 Å². The second-order valence-corrected chi connectivity index (χ2v) is 6.44. The minimum atomic E-state index is -0.876. The van der Waals surface area contributed by atoms with Crippen LogP contribution >= 0.6 is 0 Å². The summed E-state index contributed by atoms with van der Waals surface area (Å²) in [5.74, 6) is -0.539. The van der Waals surface area contributed by atoms with Gasteiger partial charge in [-0.3, -0.25) is 4.79 Å². The topological polar surface area (TPSA) is 68.0 Å². The maximum absolute atomic E-state index is 11.8. The number of aryl methyl sites for hydroxylation is 1. The number of aliphatic carboxylic acids is 1. The third-order valence-electron chi connectivity index (χ3n) is 4.39. The third-order valence-corrected chi connectivity index (χ3v) is 4.39. The molecule has 0 aliphatic heterocycles. The van der Waals surface area contributed by atoms with Crippen LogP contribution in [0.1, 0.15) is 43.5 Å². The maximum Gasteiger partial charge on any atom is 0.314 e. The van der Waals surface area contributed by atoms with Crippen LogP contribution in [0.5, 0.6) is 0 Å². The molecule has 3 rings (SSSR count). The van der Waals surface area contributed by atoms with E-state index in [1.54, 1.807) is 4.68 Å². The zero-order chi connectivity index (χ0) is 18.5. The van der Waals surface area contributed by atoms with Crippen molar-refractivity contribution >= 4 is 5.97 Å². The molecule has 0 radical (unpaired) electrons. The Balaban J connectivity index is 2.10. The Morgan fingerprint density at radius 3 is 2.42 bits per heavy atom. The number of para-hydroxylation sites is 1. The summed E-state index contributed by atoms with van der Waals surface area (Å²) in [6.45, 7) is 4.08. The minimum absolute atomic E-state index is 0.366. The standard InChI is InChI=1S/C21H23N3O2/c1-3-4-10-18(21(25)26)19-22-20(16-13-11-15(2)12-14-16)24(23-19)17-8-6-5-7-9-17/h5-9,11-14,18H,3-4,10H2,1-2H3,(H,25,26)/t18-/m1/s1. The first-order valence-electron chi connectivity index (χ1n) is 8.92. The van der Waals surface area contributed by atoms with E-state index >= 15 is 0 Å². The van der Waals surface area contributed by atoms with Gasteiger partial charge in [-0.25, -0.2) is 9.67 Å². The quantitative estimate of drug-likeness (QED) is 0.677. The summed E-state index contributed by atoms with van der Waals surface area (Å²) in [5.41, 5.74) is 2.94. The normalized spacial score (nSPS) is 12.1. The van der Waals surface area contributed by atoms with E-state index in [1.807, 2.05) is 68.4 Å². The van der Waals surface area contributed by atoms with Gasteiger partial charge in [0.1, 0.15) is 5.92 Å². The molecule has 2 aromatic carbocycles. The molecule has 5 nitrogen and oxygen atoms in total. The van der Waals surface area contributed by atoms with Gasteiger partial charge in [-0.05, 0) is 25.5 Å². The summed E-state index contributed by atoms with van der Waals surface area (Å²) >= 11 is 0. The lowest BCUT2D eigenvalue weighted by Gasteiger charge is -2.07. The number of carboxylic acid groups (broad SMARTS) is 1. The molecule has 3 aromatic rings. The summed E-state index contributed by atoms with van der Waals surface area (Å²) in [5, 5.41) is 14.2. The molecule has 0 saturated heterocycles. The van der Waals surface area contributed by atoms with Crippen LogP contribution in [-0.4, -0.2) is 25.8 Å². The molecule has 0 spiro atoms. The van der Waals surface area contributed by atoms with Gasteiger partial charge in [0.2, 0.25) is 0 Å². The SMILES string of the molecule is CCCC[C@@H](C(=O)O)c1nc(-c2ccc(C)cc2)n(-c2ccccc2)n1. The highest BCUT2D eigenvalue weighted by molar-refractivity contribution is 5.75. The highest BCUT2D eigenvalue weighted by atomic mass is 16.4. The van der Waals surface area contributed by atoms with Gasteiger partial charge in [0, 0.05) is 5.56 Å². The third kappa shape index (κ3) is 3.82. The van der Waals surface area contributed by atoms with Crippen molar-refractivity contribution in [2.45, 2.75) is 39.0 Å². The summed E-state index contributed by atoms with van der Waals surface area (Å²) in [6, 6.07) is 17.7. The highest BCUT2D eigenvalue weighted by Crippen LogP contribution is 2.26. The monoisotopic (exact) mass is 349 g/mol. The molecule has 0 saturated carbocycles. The maximum atomic E-state index is 11.8. The largest absolute Gasteiger partial charge is 0.481 e. The van der Waals surface area contributed by atoms with Gasteiger partial charge in [0.25, 0.3) is 0 Å². The van der Waals surface area contributed by atoms with Crippen LogP contribution in [0.15, 0.2) is 54.6 Å². The number of nitrogens with zero attached hydrogens (tertiary/aromatic N) is 3. The molecule has 1 heterocycles. The van der Waals surface area contributed by atoms with E-state index in [0.29, 0.717) is 18.1 Å². The lowest BCUT2D eigenvalue weighted by atomic mass is 10.0. The minimum Gasteiger partial charge on any atom is -0.481 e. The van der Waals surface area contributed by atoms with Gasteiger partial charge in [0.05, 0.1) is 5.69 Å². The van der Waals surface area contributed by atoms with Crippen LogP contribution in [0, 0.1) is 6.92 Å². The van der Waals surface area contributed by atoms with Crippen molar-refractivity contribution in [3.05, 3.63) is 66.0 Å². The Morgan fingerprint density at radius 2 is 1.81 bits per heavy atom. The van der Waals surface area contributed by atoms with Crippen LogP contribution < -0.4 is 0 Å². The molecular weight excluding hydrogens is 326 g/mol. The van der Waals surface area contributed by atoms with Crippen molar-refractivity contribution in [2.24, 2.45) is 0 Å². The van der Waals surface area contributed by atoms with Crippen molar-refractivity contribution in [2.75, 3.05) is 0 Å². The highest BCUT2D eigenvalue weighted by Gasteiger charge is 2.26. The van der Waals surface area contributed by atoms with E-state index in [2.05, 4.69) is 10.1 Å². The van der Waals surface area contributed by atoms with Crippen LogP contribution in [0.25, 0.3) is 17.1 Å². The number of carbonyl (C=O) groups is 1. The Bertz CT molecular complexity index is 870. The van der Waals surface area contributed by atoms with E-state index in [9.17, 15) is 9.90 Å². The van der Waals surface area contributed by atoms with Crippen LogP contribution in [0.2, 0.25) is 0 Å². The van der Waals surface area contributed by atoms with E-state index in [-0.39, 0.29) is 0 Å². The second kappa shape index (κ2) is 7.95. The first kappa shape index (κ1) is 17.9. The zero-order valence-corrected chi connectivity index (χ0v) is 15.1. The Hall–Kier alpha value is -2.95. The average Bonchev–Trinajstić information content (AvgIpc) is 3.08. The Labute approximate surface area is 153 Å². The molecule has 1 aromatic heterocycles. The predicted molar refractivity (Wildman–Crippen MR) is 101 cm³/mol. The number of hydrogen-bond donors (Lipinski definition) is 1. The number of carboxylic acids is 1. The van der Waals surface area contributed by atoms with Crippen LogP contribution in [0.4, 0.5) is 0 Å².